The minimum absolute atomic E-state index is 0.0639. The molecule has 3 aromatic heterocycles. The molecule has 4 rings (SSSR count). The van der Waals surface area contributed by atoms with E-state index >= 15 is 0 Å². The predicted molar refractivity (Wildman–Crippen MR) is 146 cm³/mol. The Morgan fingerprint density at radius 2 is 1.97 bits per heavy atom. The van der Waals surface area contributed by atoms with Crippen molar-refractivity contribution >= 4 is 39.5 Å². The molecule has 4 heterocycles. The zero-order valence-corrected chi connectivity index (χ0v) is 23.0. The Kier molecular flexibility index (Phi) is 8.26. The smallest absolute Gasteiger partial charge is 0.410 e. The zero-order valence-electron chi connectivity index (χ0n) is 22.2. The number of carbonyl (C=O) groups is 2. The third-order valence-electron chi connectivity index (χ3n) is 6.36. The van der Waals surface area contributed by atoms with Crippen LogP contribution in [-0.2, 0) is 4.74 Å². The van der Waals surface area contributed by atoms with Gasteiger partial charge in [-0.05, 0) is 82.4 Å². The predicted octanol–water partition coefficient (Wildman–Crippen LogP) is 5.33. The van der Waals surface area contributed by atoms with Gasteiger partial charge < -0.3 is 20.3 Å². The molecule has 0 aliphatic carbocycles. The molecule has 3 aromatic rings. The lowest BCUT2D eigenvalue weighted by molar-refractivity contribution is 0.0181. The Morgan fingerprint density at radius 3 is 2.68 bits per heavy atom. The summed E-state index contributed by atoms with van der Waals surface area (Å²) in [7, 11) is 0. The number of aromatic nitrogens is 3. The molecule has 198 valence electrons. The second kappa shape index (κ2) is 11.4. The van der Waals surface area contributed by atoms with Crippen LogP contribution in [0, 0.1) is 12.8 Å². The maximum absolute atomic E-state index is 13.1. The number of amides is 2. The number of pyridine rings is 1. The van der Waals surface area contributed by atoms with Gasteiger partial charge in [0, 0.05) is 32.0 Å². The number of hydrogen-bond donors (Lipinski definition) is 2. The van der Waals surface area contributed by atoms with Gasteiger partial charge in [-0.2, -0.15) is 0 Å². The van der Waals surface area contributed by atoms with Gasteiger partial charge in [0.1, 0.15) is 5.60 Å². The number of nitrogens with one attached hydrogen (secondary N) is 2. The molecule has 9 nitrogen and oxygen atoms in total. The molecule has 1 saturated heterocycles. The van der Waals surface area contributed by atoms with E-state index in [4.69, 9.17) is 4.74 Å². The van der Waals surface area contributed by atoms with Crippen LogP contribution in [0.25, 0.3) is 10.2 Å². The summed E-state index contributed by atoms with van der Waals surface area (Å²) in [6.45, 7) is 11.6. The molecule has 0 saturated carbocycles. The first-order valence-corrected chi connectivity index (χ1v) is 13.7. The van der Waals surface area contributed by atoms with Crippen LogP contribution in [0.15, 0.2) is 29.9 Å². The Balaban J connectivity index is 1.33. The summed E-state index contributed by atoms with van der Waals surface area (Å²) in [5.41, 5.74) is 2.75. The van der Waals surface area contributed by atoms with Crippen molar-refractivity contribution in [1.29, 1.82) is 0 Å². The van der Waals surface area contributed by atoms with E-state index in [0.717, 1.165) is 40.6 Å². The van der Waals surface area contributed by atoms with Crippen molar-refractivity contribution in [2.45, 2.75) is 65.5 Å². The van der Waals surface area contributed by atoms with Crippen molar-refractivity contribution in [3.05, 3.63) is 46.7 Å². The molecular formula is C27H36N6O3S. The monoisotopic (exact) mass is 524 g/mol. The van der Waals surface area contributed by atoms with Crippen molar-refractivity contribution < 1.29 is 14.3 Å². The SMILES string of the molecule is Cc1cncc(C(C)Nc2nc(C(=O)NCCC3CCN(C(=O)OC(C)(C)C)CC3)c3sccc3n2)c1. The number of hydrogen-bond acceptors (Lipinski definition) is 8. The topological polar surface area (TPSA) is 109 Å². The summed E-state index contributed by atoms with van der Waals surface area (Å²) in [5.74, 6) is 0.667. The van der Waals surface area contributed by atoms with E-state index in [2.05, 4.69) is 31.7 Å². The lowest BCUT2D eigenvalue weighted by atomic mass is 9.94. The number of aryl methyl sites for hydroxylation is 1. The van der Waals surface area contributed by atoms with E-state index in [9.17, 15) is 9.59 Å². The Labute approximate surface area is 222 Å². The summed E-state index contributed by atoms with van der Waals surface area (Å²) in [6.07, 6.45) is 6.04. The number of carbonyl (C=O) groups excluding carboxylic acids is 2. The highest BCUT2D eigenvalue weighted by atomic mass is 32.1. The molecule has 1 aliphatic rings. The highest BCUT2D eigenvalue weighted by Gasteiger charge is 2.27. The third-order valence-corrected chi connectivity index (χ3v) is 7.28. The van der Waals surface area contributed by atoms with E-state index in [1.807, 2.05) is 58.5 Å². The highest BCUT2D eigenvalue weighted by Crippen LogP contribution is 2.26. The van der Waals surface area contributed by atoms with Gasteiger partial charge in [-0.25, -0.2) is 14.8 Å². The summed E-state index contributed by atoms with van der Waals surface area (Å²) >= 11 is 1.46. The molecule has 1 aliphatic heterocycles. The fraction of sp³-hybridized carbons (Fsp3) is 0.519. The quantitative estimate of drug-likeness (QED) is 0.430. The average Bonchev–Trinajstić information content (AvgIpc) is 3.31. The lowest BCUT2D eigenvalue weighted by Gasteiger charge is -2.33. The summed E-state index contributed by atoms with van der Waals surface area (Å²) < 4.78 is 6.25. The van der Waals surface area contributed by atoms with Crippen molar-refractivity contribution in [3.63, 3.8) is 0 Å². The molecule has 0 radical (unpaired) electrons. The van der Waals surface area contributed by atoms with Crippen molar-refractivity contribution in [2.75, 3.05) is 25.0 Å². The Morgan fingerprint density at radius 1 is 1.22 bits per heavy atom. The number of piperidine rings is 1. The van der Waals surface area contributed by atoms with Crippen molar-refractivity contribution in [2.24, 2.45) is 5.92 Å². The second-order valence-electron chi connectivity index (χ2n) is 10.6. The molecule has 1 unspecified atom stereocenters. The van der Waals surface area contributed by atoms with Gasteiger partial charge in [-0.3, -0.25) is 9.78 Å². The highest BCUT2D eigenvalue weighted by molar-refractivity contribution is 7.17. The maximum atomic E-state index is 13.1. The number of anilines is 1. The van der Waals surface area contributed by atoms with Crippen LogP contribution >= 0.6 is 11.3 Å². The molecule has 1 fully saturated rings. The van der Waals surface area contributed by atoms with E-state index in [1.165, 1.54) is 11.3 Å². The van der Waals surface area contributed by atoms with Gasteiger partial charge in [0.2, 0.25) is 5.95 Å². The van der Waals surface area contributed by atoms with E-state index in [-0.39, 0.29) is 18.0 Å². The van der Waals surface area contributed by atoms with Gasteiger partial charge in [0.25, 0.3) is 5.91 Å². The minimum Gasteiger partial charge on any atom is -0.444 e. The number of thiophene rings is 1. The van der Waals surface area contributed by atoms with Crippen LogP contribution in [0.4, 0.5) is 10.7 Å². The van der Waals surface area contributed by atoms with Gasteiger partial charge in [-0.1, -0.05) is 6.07 Å². The molecule has 37 heavy (non-hydrogen) atoms. The normalized spacial score (nSPS) is 15.4. The molecular weight excluding hydrogens is 488 g/mol. The van der Waals surface area contributed by atoms with Gasteiger partial charge in [0.05, 0.1) is 16.3 Å². The molecule has 0 aromatic carbocycles. The largest absolute Gasteiger partial charge is 0.444 e. The molecule has 0 spiro atoms. The van der Waals surface area contributed by atoms with E-state index in [0.29, 0.717) is 37.2 Å². The zero-order chi connectivity index (χ0) is 26.6. The van der Waals surface area contributed by atoms with Crippen LogP contribution < -0.4 is 10.6 Å². The Hall–Kier alpha value is -3.27. The Bertz CT molecular complexity index is 1250. The van der Waals surface area contributed by atoms with Crippen molar-refractivity contribution in [3.8, 4) is 0 Å². The first kappa shape index (κ1) is 26.8. The van der Waals surface area contributed by atoms with Crippen molar-refractivity contribution in [1.82, 2.24) is 25.2 Å². The van der Waals surface area contributed by atoms with Crippen LogP contribution in [-0.4, -0.2) is 57.1 Å². The molecule has 10 heteroatoms. The third kappa shape index (κ3) is 7.15. The number of fused-ring (bicyclic) bond motifs is 1. The summed E-state index contributed by atoms with van der Waals surface area (Å²) in [4.78, 5) is 40.6. The first-order valence-electron chi connectivity index (χ1n) is 12.8. The number of ether oxygens (including phenoxy) is 1. The number of nitrogens with zero attached hydrogens (tertiary/aromatic N) is 4. The molecule has 1 atom stereocenters. The standard InChI is InChI=1S/C27H36N6O3S/c1-17-14-20(16-28-15-17)18(2)30-25-31-21-9-13-37-23(21)22(32-25)24(34)29-10-6-19-7-11-33(12-8-19)26(35)36-27(3,4)5/h9,13-16,18-19H,6-8,10-12H2,1-5H3,(H,29,34)(H,30,31,32). The first-order chi connectivity index (χ1) is 17.6. The van der Waals surface area contributed by atoms with Gasteiger partial charge >= 0.3 is 6.09 Å². The van der Waals surface area contributed by atoms with Crippen LogP contribution in [0.2, 0.25) is 0 Å². The minimum atomic E-state index is -0.488. The molecule has 2 N–H and O–H groups in total. The van der Waals surface area contributed by atoms with Crippen LogP contribution in [0.1, 0.15) is 74.6 Å². The average molecular weight is 525 g/mol. The van der Waals surface area contributed by atoms with E-state index in [1.54, 1.807) is 4.90 Å². The fourth-order valence-corrected chi connectivity index (χ4v) is 5.20. The van der Waals surface area contributed by atoms with E-state index < -0.39 is 5.60 Å². The van der Waals surface area contributed by atoms with Gasteiger partial charge in [-0.15, -0.1) is 11.3 Å². The molecule has 0 bridgehead atoms. The number of likely N-dealkylation sites (tertiary alicyclic amines) is 1. The maximum Gasteiger partial charge on any atom is 0.410 e. The summed E-state index contributed by atoms with van der Waals surface area (Å²) in [6, 6.07) is 3.91. The van der Waals surface area contributed by atoms with Crippen LogP contribution in [0.5, 0.6) is 0 Å². The lowest BCUT2D eigenvalue weighted by Crippen LogP contribution is -2.42. The molecule has 2 amide bonds. The van der Waals surface area contributed by atoms with Crippen LogP contribution in [0.3, 0.4) is 0 Å². The second-order valence-corrected chi connectivity index (χ2v) is 11.6. The van der Waals surface area contributed by atoms with Gasteiger partial charge in [0.15, 0.2) is 5.69 Å². The summed E-state index contributed by atoms with van der Waals surface area (Å²) in [5, 5.41) is 8.29. The number of rotatable bonds is 7. The fourth-order valence-electron chi connectivity index (χ4n) is 4.38.